The number of hydrogen-bond donors (Lipinski definition) is 2. The Morgan fingerprint density at radius 2 is 2.30 bits per heavy atom. The van der Waals surface area contributed by atoms with Crippen LogP contribution in [0.3, 0.4) is 0 Å². The average Bonchev–Trinajstić information content (AvgIpc) is 2.43. The smallest absolute Gasteiger partial charge is 0.285 e. The molecule has 106 valence electrons. The fourth-order valence-electron chi connectivity index (χ4n) is 1.57. The van der Waals surface area contributed by atoms with E-state index < -0.39 is 5.56 Å². The van der Waals surface area contributed by atoms with Crippen molar-refractivity contribution in [1.29, 1.82) is 0 Å². The molecular formula is C13H15ClN4O2. The number of halogens is 1. The van der Waals surface area contributed by atoms with E-state index in [0.717, 1.165) is 5.56 Å². The summed E-state index contributed by atoms with van der Waals surface area (Å²) in [7, 11) is 0. The van der Waals surface area contributed by atoms with Gasteiger partial charge in [-0.05, 0) is 25.5 Å². The first-order chi connectivity index (χ1) is 9.58. The zero-order valence-corrected chi connectivity index (χ0v) is 11.9. The first-order valence-corrected chi connectivity index (χ1v) is 6.53. The average molecular weight is 295 g/mol. The van der Waals surface area contributed by atoms with Crippen molar-refractivity contribution in [2.24, 2.45) is 0 Å². The van der Waals surface area contributed by atoms with Crippen molar-refractivity contribution >= 4 is 17.3 Å². The van der Waals surface area contributed by atoms with Crippen LogP contribution in [0.1, 0.15) is 19.4 Å². The number of hydrogen-bond acceptors (Lipinski definition) is 5. The van der Waals surface area contributed by atoms with Crippen molar-refractivity contribution in [2.45, 2.75) is 26.5 Å². The third-order valence-corrected chi connectivity index (χ3v) is 2.79. The lowest BCUT2D eigenvalue weighted by Crippen LogP contribution is -2.17. The number of anilines is 1. The summed E-state index contributed by atoms with van der Waals surface area (Å²) in [6.07, 6.45) is 3.34. The fourth-order valence-corrected chi connectivity index (χ4v) is 1.76. The molecule has 0 spiro atoms. The molecule has 2 rings (SSSR count). The van der Waals surface area contributed by atoms with Gasteiger partial charge in [0.25, 0.3) is 11.4 Å². The molecule has 0 fully saturated rings. The van der Waals surface area contributed by atoms with Crippen LogP contribution in [0.2, 0.25) is 5.02 Å². The van der Waals surface area contributed by atoms with Gasteiger partial charge in [-0.25, -0.2) is 5.10 Å². The van der Waals surface area contributed by atoms with Crippen LogP contribution in [0.15, 0.2) is 29.3 Å². The molecule has 0 aliphatic carbocycles. The summed E-state index contributed by atoms with van der Waals surface area (Å²) < 4.78 is 5.53. The standard InChI is InChI=1S/C13H15ClN4O2/c1-8(2)20-13-11(10(14)12(19)17-18-13)16-7-9-4-3-5-15-6-9/h3-6,8H,7H2,1-2H3,(H2,16,17,19). The molecule has 7 heteroatoms. The lowest BCUT2D eigenvalue weighted by Gasteiger charge is -2.14. The van der Waals surface area contributed by atoms with Crippen molar-refractivity contribution in [2.75, 3.05) is 5.32 Å². The minimum atomic E-state index is -0.462. The SMILES string of the molecule is CC(C)Oc1n[nH]c(=O)c(Cl)c1NCc1cccnc1. The van der Waals surface area contributed by atoms with Crippen molar-refractivity contribution in [3.8, 4) is 5.88 Å². The minimum absolute atomic E-state index is 0.0274. The van der Waals surface area contributed by atoms with Crippen LogP contribution in [0, 0.1) is 0 Å². The van der Waals surface area contributed by atoms with Gasteiger partial charge in [-0.2, -0.15) is 0 Å². The molecule has 0 unspecified atom stereocenters. The Morgan fingerprint density at radius 1 is 1.50 bits per heavy atom. The number of nitrogens with zero attached hydrogens (tertiary/aromatic N) is 2. The first kappa shape index (κ1) is 14.3. The van der Waals surface area contributed by atoms with Gasteiger partial charge in [0.15, 0.2) is 0 Å². The van der Waals surface area contributed by atoms with Crippen LogP contribution in [-0.4, -0.2) is 21.3 Å². The van der Waals surface area contributed by atoms with Gasteiger partial charge in [0.2, 0.25) is 0 Å². The normalized spacial score (nSPS) is 10.6. The molecule has 2 heterocycles. The molecule has 20 heavy (non-hydrogen) atoms. The van der Waals surface area contributed by atoms with Crippen LogP contribution in [-0.2, 0) is 6.54 Å². The number of pyridine rings is 1. The van der Waals surface area contributed by atoms with E-state index in [1.165, 1.54) is 0 Å². The molecule has 0 saturated heterocycles. The summed E-state index contributed by atoms with van der Waals surface area (Å²) in [6.45, 7) is 4.20. The quantitative estimate of drug-likeness (QED) is 0.884. The van der Waals surface area contributed by atoms with Crippen LogP contribution in [0.25, 0.3) is 0 Å². The van der Waals surface area contributed by atoms with E-state index in [1.54, 1.807) is 12.4 Å². The van der Waals surface area contributed by atoms with Crippen LogP contribution < -0.4 is 15.6 Å². The molecule has 6 nitrogen and oxygen atoms in total. The fraction of sp³-hybridized carbons (Fsp3) is 0.308. The zero-order valence-electron chi connectivity index (χ0n) is 11.2. The van der Waals surface area contributed by atoms with E-state index in [0.29, 0.717) is 12.2 Å². The molecule has 2 N–H and O–H groups in total. The number of aromatic nitrogens is 3. The number of nitrogens with one attached hydrogen (secondary N) is 2. The number of ether oxygens (including phenoxy) is 1. The Kier molecular flexibility index (Phi) is 4.57. The maximum atomic E-state index is 11.5. The van der Waals surface area contributed by atoms with E-state index >= 15 is 0 Å². The summed E-state index contributed by atoms with van der Waals surface area (Å²) in [5.74, 6) is 0.272. The minimum Gasteiger partial charge on any atom is -0.472 e. The van der Waals surface area contributed by atoms with Crippen molar-refractivity contribution < 1.29 is 4.74 Å². The van der Waals surface area contributed by atoms with Crippen LogP contribution in [0.4, 0.5) is 5.69 Å². The van der Waals surface area contributed by atoms with Gasteiger partial charge in [-0.1, -0.05) is 17.7 Å². The zero-order chi connectivity index (χ0) is 14.5. The van der Waals surface area contributed by atoms with Crippen LogP contribution in [0.5, 0.6) is 5.88 Å². The summed E-state index contributed by atoms with van der Waals surface area (Å²) in [5.41, 5.74) is 0.878. The summed E-state index contributed by atoms with van der Waals surface area (Å²) in [6, 6.07) is 3.75. The molecule has 0 radical (unpaired) electrons. The second-order valence-electron chi connectivity index (χ2n) is 4.43. The highest BCUT2D eigenvalue weighted by atomic mass is 35.5. The highest BCUT2D eigenvalue weighted by Crippen LogP contribution is 2.27. The third-order valence-electron chi connectivity index (χ3n) is 2.43. The molecule has 2 aromatic heterocycles. The third kappa shape index (κ3) is 3.48. The highest BCUT2D eigenvalue weighted by Gasteiger charge is 2.14. The molecule has 2 aromatic rings. The van der Waals surface area contributed by atoms with E-state index in [4.69, 9.17) is 16.3 Å². The van der Waals surface area contributed by atoms with Gasteiger partial charge in [-0.3, -0.25) is 9.78 Å². The Labute approximate surface area is 121 Å². The number of H-pyrrole nitrogens is 1. The lowest BCUT2D eigenvalue weighted by molar-refractivity contribution is 0.231. The van der Waals surface area contributed by atoms with Gasteiger partial charge in [0, 0.05) is 18.9 Å². The Hall–Kier alpha value is -2.08. The van der Waals surface area contributed by atoms with Crippen molar-refractivity contribution in [1.82, 2.24) is 15.2 Å². The first-order valence-electron chi connectivity index (χ1n) is 6.15. The molecule has 0 aliphatic rings. The van der Waals surface area contributed by atoms with Crippen LogP contribution >= 0.6 is 11.6 Å². The Bertz CT molecular complexity index is 628. The Morgan fingerprint density at radius 3 is 2.95 bits per heavy atom. The maximum Gasteiger partial charge on any atom is 0.285 e. The molecule has 0 amide bonds. The van der Waals surface area contributed by atoms with E-state index in [2.05, 4.69) is 20.5 Å². The molecule has 0 atom stereocenters. The van der Waals surface area contributed by atoms with Gasteiger partial charge >= 0.3 is 0 Å². The second kappa shape index (κ2) is 6.38. The number of aromatic amines is 1. The van der Waals surface area contributed by atoms with Gasteiger partial charge in [-0.15, -0.1) is 5.10 Å². The summed E-state index contributed by atoms with van der Waals surface area (Å²) >= 11 is 6.01. The summed E-state index contributed by atoms with van der Waals surface area (Å²) in [4.78, 5) is 15.6. The Balaban J connectivity index is 2.24. The van der Waals surface area contributed by atoms with Gasteiger partial charge < -0.3 is 10.1 Å². The second-order valence-corrected chi connectivity index (χ2v) is 4.81. The van der Waals surface area contributed by atoms with E-state index in [9.17, 15) is 4.79 Å². The highest BCUT2D eigenvalue weighted by molar-refractivity contribution is 6.33. The van der Waals surface area contributed by atoms with Gasteiger partial charge in [0.1, 0.15) is 10.7 Å². The lowest BCUT2D eigenvalue weighted by atomic mass is 10.3. The predicted octanol–water partition coefficient (Wildman–Crippen LogP) is 2.22. The number of rotatable bonds is 5. The van der Waals surface area contributed by atoms with Crippen molar-refractivity contribution in [3.05, 3.63) is 45.5 Å². The summed E-state index contributed by atoms with van der Waals surface area (Å²) in [5, 5.41) is 9.26. The maximum absolute atomic E-state index is 11.5. The largest absolute Gasteiger partial charge is 0.472 e. The molecule has 0 bridgehead atoms. The molecule has 0 aromatic carbocycles. The topological polar surface area (TPSA) is 79.9 Å². The van der Waals surface area contributed by atoms with E-state index in [1.807, 2.05) is 26.0 Å². The molecule has 0 saturated carbocycles. The molecular weight excluding hydrogens is 280 g/mol. The van der Waals surface area contributed by atoms with Crippen molar-refractivity contribution in [3.63, 3.8) is 0 Å². The monoisotopic (exact) mass is 294 g/mol. The van der Waals surface area contributed by atoms with E-state index in [-0.39, 0.29) is 17.0 Å². The van der Waals surface area contributed by atoms with Gasteiger partial charge in [0.05, 0.1) is 6.10 Å². The molecule has 0 aliphatic heterocycles. The predicted molar refractivity (Wildman–Crippen MR) is 77.2 cm³/mol.